The van der Waals surface area contributed by atoms with Crippen molar-refractivity contribution >= 4 is 23.7 Å². The largest absolute Gasteiger partial charge is 0.481 e. The van der Waals surface area contributed by atoms with Gasteiger partial charge in [-0.3, -0.25) is 4.79 Å². The molecule has 0 bridgehead atoms. The molecule has 2 atom stereocenters. The van der Waals surface area contributed by atoms with Crippen molar-refractivity contribution in [2.45, 2.75) is 39.2 Å². The fourth-order valence-electron chi connectivity index (χ4n) is 2.78. The Labute approximate surface area is 141 Å². The summed E-state index contributed by atoms with van der Waals surface area (Å²) < 4.78 is 5.34. The topological polar surface area (TPSA) is 66.8 Å². The van der Waals surface area contributed by atoms with Gasteiger partial charge in [-0.15, -0.1) is 0 Å². The highest BCUT2D eigenvalue weighted by Crippen LogP contribution is 2.37. The number of amides is 1. The van der Waals surface area contributed by atoms with Crippen LogP contribution in [0, 0.1) is 12.8 Å². The van der Waals surface area contributed by atoms with Crippen LogP contribution in [-0.2, 0) is 9.53 Å². The van der Waals surface area contributed by atoms with Crippen molar-refractivity contribution in [3.05, 3.63) is 34.3 Å². The molecule has 1 amide bonds. The Bertz CT molecular complexity index is 624. The predicted octanol–water partition coefficient (Wildman–Crippen LogP) is 3.68. The number of ether oxygens (including phenoxy) is 1. The second kappa shape index (κ2) is 6.40. The van der Waals surface area contributed by atoms with Gasteiger partial charge in [-0.25, -0.2) is 4.79 Å². The van der Waals surface area contributed by atoms with Crippen LogP contribution in [0.4, 0.5) is 4.79 Å². The zero-order valence-corrected chi connectivity index (χ0v) is 14.6. The van der Waals surface area contributed by atoms with E-state index in [0.29, 0.717) is 5.02 Å². The van der Waals surface area contributed by atoms with Crippen LogP contribution in [0.3, 0.4) is 0 Å². The van der Waals surface area contributed by atoms with E-state index in [0.717, 1.165) is 11.1 Å². The maximum Gasteiger partial charge on any atom is 0.410 e. The third-order valence-electron chi connectivity index (χ3n) is 3.84. The van der Waals surface area contributed by atoms with Gasteiger partial charge in [-0.05, 0) is 44.9 Å². The molecule has 5 nitrogen and oxygen atoms in total. The molecule has 1 aliphatic rings. The lowest BCUT2D eigenvalue weighted by atomic mass is 9.88. The van der Waals surface area contributed by atoms with Gasteiger partial charge in [-0.1, -0.05) is 23.7 Å². The number of aryl methyl sites for hydroxylation is 1. The molecule has 0 aliphatic carbocycles. The molecule has 23 heavy (non-hydrogen) atoms. The van der Waals surface area contributed by atoms with Gasteiger partial charge in [0.25, 0.3) is 0 Å². The number of carboxylic acids is 1. The van der Waals surface area contributed by atoms with E-state index in [2.05, 4.69) is 0 Å². The highest BCUT2D eigenvalue weighted by Gasteiger charge is 2.42. The number of aliphatic carboxylic acids is 1. The molecule has 0 spiro atoms. The fraction of sp³-hybridized carbons (Fsp3) is 0.529. The van der Waals surface area contributed by atoms with Crippen LogP contribution in [0.1, 0.15) is 37.8 Å². The Balaban J connectivity index is 2.25. The molecule has 0 unspecified atom stereocenters. The second-order valence-corrected chi connectivity index (χ2v) is 7.37. The first kappa shape index (κ1) is 17.6. The molecule has 0 radical (unpaired) electrons. The lowest BCUT2D eigenvalue weighted by Crippen LogP contribution is -2.35. The van der Waals surface area contributed by atoms with E-state index in [9.17, 15) is 14.7 Å². The van der Waals surface area contributed by atoms with Gasteiger partial charge >= 0.3 is 12.1 Å². The molecule has 0 aromatic heterocycles. The lowest BCUT2D eigenvalue weighted by Gasteiger charge is -2.24. The Morgan fingerprint density at radius 3 is 2.48 bits per heavy atom. The number of likely N-dealkylation sites (tertiary alicyclic amines) is 1. The van der Waals surface area contributed by atoms with Crippen LogP contribution in [0.25, 0.3) is 0 Å². The van der Waals surface area contributed by atoms with E-state index in [4.69, 9.17) is 16.3 Å². The zero-order valence-electron chi connectivity index (χ0n) is 13.8. The van der Waals surface area contributed by atoms with E-state index in [-0.39, 0.29) is 19.0 Å². The third-order valence-corrected chi connectivity index (χ3v) is 4.17. The first-order valence-corrected chi connectivity index (χ1v) is 7.93. The highest BCUT2D eigenvalue weighted by molar-refractivity contribution is 6.31. The quantitative estimate of drug-likeness (QED) is 0.892. The number of carbonyl (C=O) groups is 2. The third kappa shape index (κ3) is 4.16. The summed E-state index contributed by atoms with van der Waals surface area (Å²) in [5.74, 6) is -1.96. The number of hydrogen-bond donors (Lipinski definition) is 1. The first-order chi connectivity index (χ1) is 10.6. The van der Waals surface area contributed by atoms with Crippen LogP contribution >= 0.6 is 11.6 Å². The predicted molar refractivity (Wildman–Crippen MR) is 87.9 cm³/mol. The van der Waals surface area contributed by atoms with E-state index in [1.165, 1.54) is 4.90 Å². The normalized spacial score (nSPS) is 21.3. The van der Waals surface area contributed by atoms with Crippen molar-refractivity contribution in [2.75, 3.05) is 13.1 Å². The Morgan fingerprint density at radius 2 is 1.96 bits per heavy atom. The van der Waals surface area contributed by atoms with Gasteiger partial charge in [0.15, 0.2) is 0 Å². The summed E-state index contributed by atoms with van der Waals surface area (Å²) in [5.41, 5.74) is 1.15. The minimum Gasteiger partial charge on any atom is -0.481 e. The van der Waals surface area contributed by atoms with Gasteiger partial charge in [0.2, 0.25) is 0 Å². The van der Waals surface area contributed by atoms with Gasteiger partial charge < -0.3 is 14.7 Å². The molecular formula is C17H22ClNO4. The summed E-state index contributed by atoms with van der Waals surface area (Å²) >= 11 is 6.29. The lowest BCUT2D eigenvalue weighted by molar-refractivity contribution is -0.141. The summed E-state index contributed by atoms with van der Waals surface area (Å²) in [5, 5.41) is 10.0. The van der Waals surface area contributed by atoms with Gasteiger partial charge in [0.1, 0.15) is 5.60 Å². The Kier molecular flexibility index (Phi) is 4.90. The smallest absolute Gasteiger partial charge is 0.410 e. The van der Waals surface area contributed by atoms with Crippen molar-refractivity contribution in [1.29, 1.82) is 0 Å². The standard InChI is InChI=1S/C17H22ClNO4/c1-10-5-6-11(14(18)7-10)12-8-19(9-13(12)15(20)21)16(22)23-17(2,3)4/h5-7,12-13H,8-9H2,1-4H3,(H,20,21)/t12-,13-/m0/s1. The number of carboxylic acid groups (broad SMARTS) is 1. The molecular weight excluding hydrogens is 318 g/mol. The number of hydrogen-bond acceptors (Lipinski definition) is 3. The SMILES string of the molecule is Cc1ccc([C@@H]2CN(C(=O)OC(C)(C)C)C[C@@H]2C(=O)O)c(Cl)c1. The minimum absolute atomic E-state index is 0.124. The average molecular weight is 340 g/mol. The molecule has 0 saturated carbocycles. The van der Waals surface area contributed by atoms with Crippen LogP contribution in [0.5, 0.6) is 0 Å². The molecule has 1 aromatic carbocycles. The molecule has 1 N–H and O–H groups in total. The Hall–Kier alpha value is -1.75. The van der Waals surface area contributed by atoms with E-state index >= 15 is 0 Å². The summed E-state index contributed by atoms with van der Waals surface area (Å²) in [4.78, 5) is 25.3. The van der Waals surface area contributed by atoms with Crippen LogP contribution in [0.2, 0.25) is 5.02 Å². The number of rotatable bonds is 2. The number of benzene rings is 1. The summed E-state index contributed by atoms with van der Waals surface area (Å²) in [6, 6.07) is 5.55. The summed E-state index contributed by atoms with van der Waals surface area (Å²) in [6.45, 7) is 7.68. The van der Waals surface area contributed by atoms with Crippen molar-refractivity contribution in [1.82, 2.24) is 4.90 Å². The highest BCUT2D eigenvalue weighted by atomic mass is 35.5. The van der Waals surface area contributed by atoms with Crippen LogP contribution in [-0.4, -0.2) is 40.8 Å². The van der Waals surface area contributed by atoms with E-state index in [1.54, 1.807) is 20.8 Å². The summed E-state index contributed by atoms with van der Waals surface area (Å²) in [7, 11) is 0. The fourth-order valence-corrected chi connectivity index (χ4v) is 3.15. The first-order valence-electron chi connectivity index (χ1n) is 7.55. The molecule has 2 rings (SSSR count). The molecule has 1 aromatic rings. The molecule has 126 valence electrons. The van der Waals surface area contributed by atoms with Crippen LogP contribution < -0.4 is 0 Å². The zero-order chi connectivity index (χ0) is 17.4. The van der Waals surface area contributed by atoms with Crippen molar-refractivity contribution in [2.24, 2.45) is 5.92 Å². The molecule has 6 heteroatoms. The number of carbonyl (C=O) groups excluding carboxylic acids is 1. The monoisotopic (exact) mass is 339 g/mol. The molecule has 1 fully saturated rings. The molecule has 1 aliphatic heterocycles. The number of nitrogens with zero attached hydrogens (tertiary/aromatic N) is 1. The molecule has 1 heterocycles. The van der Waals surface area contributed by atoms with Crippen molar-refractivity contribution in [3.63, 3.8) is 0 Å². The maximum absolute atomic E-state index is 12.2. The van der Waals surface area contributed by atoms with E-state index < -0.39 is 23.6 Å². The minimum atomic E-state index is -0.933. The maximum atomic E-state index is 12.2. The Morgan fingerprint density at radius 1 is 1.30 bits per heavy atom. The van der Waals surface area contributed by atoms with Gasteiger partial charge in [0.05, 0.1) is 5.92 Å². The number of halogens is 1. The van der Waals surface area contributed by atoms with Crippen molar-refractivity contribution in [3.8, 4) is 0 Å². The van der Waals surface area contributed by atoms with E-state index in [1.807, 2.05) is 25.1 Å². The van der Waals surface area contributed by atoms with Crippen molar-refractivity contribution < 1.29 is 19.4 Å². The molecule has 1 saturated heterocycles. The van der Waals surface area contributed by atoms with Crippen LogP contribution in [0.15, 0.2) is 18.2 Å². The summed E-state index contributed by atoms with van der Waals surface area (Å²) in [6.07, 6.45) is -0.491. The second-order valence-electron chi connectivity index (χ2n) is 6.96. The average Bonchev–Trinajstić information content (AvgIpc) is 2.81. The van der Waals surface area contributed by atoms with Gasteiger partial charge in [0, 0.05) is 24.0 Å². The van der Waals surface area contributed by atoms with Gasteiger partial charge in [-0.2, -0.15) is 0 Å².